The second-order valence-electron chi connectivity index (χ2n) is 2.83. The van der Waals surface area contributed by atoms with Crippen molar-refractivity contribution in [2.75, 3.05) is 33.7 Å². The van der Waals surface area contributed by atoms with E-state index < -0.39 is 0 Å². The average molecular weight is 157 g/mol. The summed E-state index contributed by atoms with van der Waals surface area (Å²) in [5.41, 5.74) is 0. The van der Waals surface area contributed by atoms with Crippen LogP contribution in [0.3, 0.4) is 0 Å². The van der Waals surface area contributed by atoms with Gasteiger partial charge in [0.05, 0.1) is 0 Å². The van der Waals surface area contributed by atoms with Gasteiger partial charge < -0.3 is 4.90 Å². The first-order valence-electron chi connectivity index (χ1n) is 4.07. The second kappa shape index (κ2) is 6.16. The Hall–Kier alpha value is -0.570. The summed E-state index contributed by atoms with van der Waals surface area (Å²) in [7, 11) is 4.06. The van der Waals surface area contributed by atoms with Crippen LogP contribution in [0.5, 0.6) is 0 Å². The molecular formula is C8H19N3. The number of nitrogens with zero attached hydrogens (tertiary/aromatic N) is 3. The van der Waals surface area contributed by atoms with Gasteiger partial charge in [0.25, 0.3) is 0 Å². The summed E-state index contributed by atoms with van der Waals surface area (Å²) in [4.78, 5) is 2.29. The Bertz CT molecular complexity index is 104. The standard InChI is InChI=1S/C8H19N3/c1-5-6-10(3)7-8-11(4)9-2/h2,5-8H2,1,3-4H3. The van der Waals surface area contributed by atoms with Gasteiger partial charge in [-0.1, -0.05) is 6.92 Å². The van der Waals surface area contributed by atoms with Crippen molar-refractivity contribution in [3.8, 4) is 0 Å². The minimum Gasteiger partial charge on any atom is -0.305 e. The zero-order valence-electron chi connectivity index (χ0n) is 7.88. The zero-order chi connectivity index (χ0) is 8.69. The lowest BCUT2D eigenvalue weighted by atomic mass is 10.4. The molecule has 0 saturated carbocycles. The number of likely N-dealkylation sites (N-methyl/N-ethyl adjacent to an activating group) is 2. The van der Waals surface area contributed by atoms with Crippen molar-refractivity contribution in [1.29, 1.82) is 0 Å². The molecule has 0 aromatic rings. The number of hydrazone groups is 1. The molecule has 0 unspecified atom stereocenters. The van der Waals surface area contributed by atoms with Crippen molar-refractivity contribution < 1.29 is 0 Å². The Morgan fingerprint density at radius 1 is 1.18 bits per heavy atom. The van der Waals surface area contributed by atoms with Crippen LogP contribution in [0.2, 0.25) is 0 Å². The van der Waals surface area contributed by atoms with Crippen LogP contribution in [-0.2, 0) is 0 Å². The first-order chi connectivity index (χ1) is 5.20. The van der Waals surface area contributed by atoms with Crippen LogP contribution >= 0.6 is 0 Å². The van der Waals surface area contributed by atoms with E-state index in [0.29, 0.717) is 0 Å². The summed E-state index contributed by atoms with van der Waals surface area (Å²) in [6.45, 7) is 8.80. The van der Waals surface area contributed by atoms with Crippen molar-refractivity contribution in [3.05, 3.63) is 0 Å². The van der Waals surface area contributed by atoms with Crippen LogP contribution < -0.4 is 0 Å². The molecule has 0 atom stereocenters. The Kier molecular flexibility index (Phi) is 5.84. The van der Waals surface area contributed by atoms with E-state index in [2.05, 4.69) is 30.7 Å². The summed E-state index contributed by atoms with van der Waals surface area (Å²) < 4.78 is 0. The van der Waals surface area contributed by atoms with E-state index in [1.54, 1.807) is 0 Å². The summed E-state index contributed by atoms with van der Waals surface area (Å²) in [6.07, 6.45) is 1.21. The molecule has 0 spiro atoms. The lowest BCUT2D eigenvalue weighted by Gasteiger charge is -2.18. The fraction of sp³-hybridized carbons (Fsp3) is 0.875. The Morgan fingerprint density at radius 2 is 1.82 bits per heavy atom. The molecule has 0 aromatic heterocycles. The summed E-state index contributed by atoms with van der Waals surface area (Å²) in [5, 5.41) is 5.63. The molecular weight excluding hydrogens is 138 g/mol. The van der Waals surface area contributed by atoms with Crippen molar-refractivity contribution in [2.24, 2.45) is 5.10 Å². The normalized spacial score (nSPS) is 10.2. The average Bonchev–Trinajstić information content (AvgIpc) is 2.01. The van der Waals surface area contributed by atoms with Gasteiger partial charge in [-0.15, -0.1) is 0 Å². The van der Waals surface area contributed by atoms with Crippen molar-refractivity contribution in [3.63, 3.8) is 0 Å². The monoisotopic (exact) mass is 157 g/mol. The van der Waals surface area contributed by atoms with E-state index in [4.69, 9.17) is 0 Å². The van der Waals surface area contributed by atoms with Crippen LogP contribution in [0, 0.1) is 0 Å². The Labute approximate surface area is 69.7 Å². The topological polar surface area (TPSA) is 18.8 Å². The molecule has 11 heavy (non-hydrogen) atoms. The molecule has 0 fully saturated rings. The van der Waals surface area contributed by atoms with Gasteiger partial charge in [-0.2, -0.15) is 5.10 Å². The van der Waals surface area contributed by atoms with Crippen LogP contribution in [0.1, 0.15) is 13.3 Å². The molecule has 0 aliphatic heterocycles. The quantitative estimate of drug-likeness (QED) is 0.421. The largest absolute Gasteiger partial charge is 0.305 e. The van der Waals surface area contributed by atoms with Gasteiger partial charge in [-0.25, -0.2) is 0 Å². The molecule has 0 heterocycles. The smallest absolute Gasteiger partial charge is 0.0484 e. The van der Waals surface area contributed by atoms with E-state index in [1.807, 2.05) is 12.1 Å². The molecule has 0 N–H and O–H groups in total. The maximum absolute atomic E-state index is 3.78. The molecule has 0 radical (unpaired) electrons. The molecule has 3 nitrogen and oxygen atoms in total. The van der Waals surface area contributed by atoms with Gasteiger partial charge in [0.2, 0.25) is 0 Å². The van der Waals surface area contributed by atoms with E-state index in [-0.39, 0.29) is 0 Å². The molecule has 66 valence electrons. The number of hydrogen-bond acceptors (Lipinski definition) is 3. The van der Waals surface area contributed by atoms with E-state index in [9.17, 15) is 0 Å². The minimum absolute atomic E-state index is 0.958. The highest BCUT2D eigenvalue weighted by Crippen LogP contribution is 1.87. The summed E-state index contributed by atoms with van der Waals surface area (Å²) in [5.74, 6) is 0. The Balaban J connectivity index is 3.29. The molecule has 0 amide bonds. The number of rotatable bonds is 6. The molecule has 0 bridgehead atoms. The van der Waals surface area contributed by atoms with Gasteiger partial charge in [-0.3, -0.25) is 5.01 Å². The highest BCUT2D eigenvalue weighted by Gasteiger charge is 1.96. The van der Waals surface area contributed by atoms with Crippen molar-refractivity contribution in [1.82, 2.24) is 9.91 Å². The third-order valence-electron chi connectivity index (χ3n) is 1.65. The lowest BCUT2D eigenvalue weighted by molar-refractivity contribution is 0.265. The van der Waals surface area contributed by atoms with Gasteiger partial charge in [0.1, 0.15) is 0 Å². The third kappa shape index (κ3) is 5.85. The molecule has 3 heteroatoms. The zero-order valence-corrected chi connectivity index (χ0v) is 7.88. The lowest BCUT2D eigenvalue weighted by Crippen LogP contribution is -2.28. The van der Waals surface area contributed by atoms with E-state index in [0.717, 1.165) is 19.6 Å². The number of hydrogen-bond donors (Lipinski definition) is 0. The van der Waals surface area contributed by atoms with Crippen molar-refractivity contribution >= 4 is 6.72 Å². The highest BCUT2D eigenvalue weighted by atomic mass is 15.4. The van der Waals surface area contributed by atoms with Crippen LogP contribution in [0.15, 0.2) is 5.10 Å². The highest BCUT2D eigenvalue weighted by molar-refractivity contribution is 5.22. The Morgan fingerprint density at radius 3 is 2.27 bits per heavy atom. The fourth-order valence-electron chi connectivity index (χ4n) is 0.880. The maximum Gasteiger partial charge on any atom is 0.0484 e. The predicted octanol–water partition coefficient (Wildman–Crippen LogP) is 0.876. The third-order valence-corrected chi connectivity index (χ3v) is 1.65. The summed E-state index contributed by atoms with van der Waals surface area (Å²) >= 11 is 0. The predicted molar refractivity (Wildman–Crippen MR) is 50.0 cm³/mol. The second-order valence-corrected chi connectivity index (χ2v) is 2.83. The maximum atomic E-state index is 3.78. The van der Waals surface area contributed by atoms with E-state index >= 15 is 0 Å². The first kappa shape index (κ1) is 10.4. The van der Waals surface area contributed by atoms with Crippen molar-refractivity contribution in [2.45, 2.75) is 13.3 Å². The van der Waals surface area contributed by atoms with Crippen LogP contribution in [-0.4, -0.2) is 50.4 Å². The molecule has 0 aromatic carbocycles. The molecule has 0 saturated heterocycles. The SMILES string of the molecule is C=NN(C)CCN(C)CCC. The summed E-state index contributed by atoms with van der Waals surface area (Å²) in [6, 6.07) is 0. The van der Waals surface area contributed by atoms with Crippen LogP contribution in [0.25, 0.3) is 0 Å². The van der Waals surface area contributed by atoms with Gasteiger partial charge in [0, 0.05) is 26.9 Å². The van der Waals surface area contributed by atoms with Gasteiger partial charge in [-0.05, 0) is 20.0 Å². The van der Waals surface area contributed by atoms with Crippen LogP contribution in [0.4, 0.5) is 0 Å². The van der Waals surface area contributed by atoms with Gasteiger partial charge >= 0.3 is 0 Å². The molecule has 0 rings (SSSR count). The fourth-order valence-corrected chi connectivity index (χ4v) is 0.880. The molecule has 0 aliphatic carbocycles. The minimum atomic E-state index is 0.958. The van der Waals surface area contributed by atoms with Gasteiger partial charge in [0.15, 0.2) is 0 Å². The molecule has 0 aliphatic rings. The first-order valence-corrected chi connectivity index (χ1v) is 4.07. The van der Waals surface area contributed by atoms with E-state index in [1.165, 1.54) is 6.42 Å².